The van der Waals surface area contributed by atoms with Crippen LogP contribution >= 0.6 is 0 Å². The van der Waals surface area contributed by atoms with Crippen molar-refractivity contribution in [1.82, 2.24) is 5.32 Å². The average molecular weight is 248 g/mol. The SMILES string of the molecule is CCc1ccccc1CNC(=O)CCC(C)(C)N. The number of aryl methyl sites for hydroxylation is 1. The van der Waals surface area contributed by atoms with Gasteiger partial charge in [0.05, 0.1) is 0 Å². The maximum atomic E-state index is 11.7. The molecule has 0 bridgehead atoms. The number of hydrogen-bond acceptors (Lipinski definition) is 2. The zero-order chi connectivity index (χ0) is 13.6. The summed E-state index contributed by atoms with van der Waals surface area (Å²) < 4.78 is 0. The Morgan fingerprint density at radius 1 is 1.28 bits per heavy atom. The van der Waals surface area contributed by atoms with Crippen molar-refractivity contribution in [2.45, 2.75) is 52.1 Å². The maximum absolute atomic E-state index is 11.7. The first kappa shape index (κ1) is 14.7. The largest absolute Gasteiger partial charge is 0.352 e. The van der Waals surface area contributed by atoms with Crippen molar-refractivity contribution in [3.63, 3.8) is 0 Å². The van der Waals surface area contributed by atoms with Crippen LogP contribution in [-0.4, -0.2) is 11.4 Å². The van der Waals surface area contributed by atoms with Gasteiger partial charge in [-0.15, -0.1) is 0 Å². The van der Waals surface area contributed by atoms with Crippen molar-refractivity contribution in [3.8, 4) is 0 Å². The van der Waals surface area contributed by atoms with E-state index in [0.717, 1.165) is 6.42 Å². The van der Waals surface area contributed by atoms with Crippen LogP contribution in [0, 0.1) is 0 Å². The van der Waals surface area contributed by atoms with Gasteiger partial charge >= 0.3 is 0 Å². The molecule has 0 aliphatic heterocycles. The van der Waals surface area contributed by atoms with Crippen molar-refractivity contribution < 1.29 is 4.79 Å². The summed E-state index contributed by atoms with van der Waals surface area (Å²) >= 11 is 0. The molecule has 0 saturated carbocycles. The zero-order valence-electron chi connectivity index (χ0n) is 11.6. The Hall–Kier alpha value is -1.35. The summed E-state index contributed by atoms with van der Waals surface area (Å²) in [6, 6.07) is 8.20. The van der Waals surface area contributed by atoms with Gasteiger partial charge in [0.1, 0.15) is 0 Å². The predicted octanol–water partition coefficient (Wildman–Crippen LogP) is 2.38. The first-order valence-electron chi connectivity index (χ1n) is 6.55. The van der Waals surface area contributed by atoms with E-state index >= 15 is 0 Å². The molecule has 18 heavy (non-hydrogen) atoms. The second-order valence-corrected chi connectivity index (χ2v) is 5.39. The molecule has 3 nitrogen and oxygen atoms in total. The molecule has 0 aromatic heterocycles. The van der Waals surface area contributed by atoms with Crippen LogP contribution in [0.25, 0.3) is 0 Å². The third-order valence-corrected chi connectivity index (χ3v) is 2.97. The van der Waals surface area contributed by atoms with Gasteiger partial charge in [-0.3, -0.25) is 4.79 Å². The molecule has 100 valence electrons. The summed E-state index contributed by atoms with van der Waals surface area (Å²) in [6.45, 7) is 6.60. The molecule has 0 aliphatic carbocycles. The van der Waals surface area contributed by atoms with Gasteiger partial charge in [-0.05, 0) is 37.8 Å². The molecule has 0 radical (unpaired) electrons. The van der Waals surface area contributed by atoms with Gasteiger partial charge in [0, 0.05) is 18.5 Å². The molecule has 0 fully saturated rings. The fourth-order valence-electron chi connectivity index (χ4n) is 1.79. The number of carbonyl (C=O) groups excluding carboxylic acids is 1. The lowest BCUT2D eigenvalue weighted by Crippen LogP contribution is -2.34. The zero-order valence-corrected chi connectivity index (χ0v) is 11.6. The van der Waals surface area contributed by atoms with E-state index in [4.69, 9.17) is 5.73 Å². The molecule has 1 aromatic rings. The highest BCUT2D eigenvalue weighted by Crippen LogP contribution is 2.10. The second-order valence-electron chi connectivity index (χ2n) is 5.39. The molecule has 1 rings (SSSR count). The lowest BCUT2D eigenvalue weighted by Gasteiger charge is -2.17. The Morgan fingerprint density at radius 3 is 2.44 bits per heavy atom. The van der Waals surface area contributed by atoms with Crippen molar-refractivity contribution in [2.24, 2.45) is 5.73 Å². The first-order valence-corrected chi connectivity index (χ1v) is 6.55. The number of nitrogens with one attached hydrogen (secondary N) is 1. The van der Waals surface area contributed by atoms with Gasteiger partial charge < -0.3 is 11.1 Å². The Labute approximate surface area is 110 Å². The Bertz CT molecular complexity index is 394. The van der Waals surface area contributed by atoms with E-state index in [2.05, 4.69) is 24.4 Å². The van der Waals surface area contributed by atoms with Gasteiger partial charge in [0.15, 0.2) is 0 Å². The number of carbonyl (C=O) groups is 1. The second kappa shape index (κ2) is 6.55. The molecule has 1 aromatic carbocycles. The molecule has 1 amide bonds. The van der Waals surface area contributed by atoms with E-state index < -0.39 is 0 Å². The third-order valence-electron chi connectivity index (χ3n) is 2.97. The first-order chi connectivity index (χ1) is 8.42. The van der Waals surface area contributed by atoms with Crippen molar-refractivity contribution in [1.29, 1.82) is 0 Å². The topological polar surface area (TPSA) is 55.1 Å². The minimum absolute atomic E-state index is 0.0689. The van der Waals surface area contributed by atoms with Gasteiger partial charge in [-0.25, -0.2) is 0 Å². The maximum Gasteiger partial charge on any atom is 0.220 e. The number of amides is 1. The van der Waals surface area contributed by atoms with Crippen LogP contribution in [-0.2, 0) is 17.8 Å². The number of rotatable bonds is 6. The highest BCUT2D eigenvalue weighted by molar-refractivity contribution is 5.76. The van der Waals surface area contributed by atoms with E-state index in [-0.39, 0.29) is 11.4 Å². The van der Waals surface area contributed by atoms with E-state index in [0.29, 0.717) is 19.4 Å². The average Bonchev–Trinajstić information content (AvgIpc) is 2.33. The summed E-state index contributed by atoms with van der Waals surface area (Å²) in [5, 5.41) is 2.95. The Kier molecular flexibility index (Phi) is 5.35. The number of benzene rings is 1. The standard InChI is InChI=1S/C15H24N2O/c1-4-12-7-5-6-8-13(12)11-17-14(18)9-10-15(2,3)16/h5-8H,4,9-11,16H2,1-3H3,(H,17,18). The van der Waals surface area contributed by atoms with E-state index in [1.807, 2.05) is 26.0 Å². The summed E-state index contributed by atoms with van der Waals surface area (Å²) in [5.74, 6) is 0.0689. The summed E-state index contributed by atoms with van der Waals surface area (Å²) in [7, 11) is 0. The minimum atomic E-state index is -0.279. The van der Waals surface area contributed by atoms with E-state index in [9.17, 15) is 4.79 Å². The van der Waals surface area contributed by atoms with Gasteiger partial charge in [-0.1, -0.05) is 31.2 Å². The Balaban J connectivity index is 2.43. The van der Waals surface area contributed by atoms with Crippen LogP contribution < -0.4 is 11.1 Å². The quantitative estimate of drug-likeness (QED) is 0.812. The van der Waals surface area contributed by atoms with E-state index in [1.165, 1.54) is 11.1 Å². The van der Waals surface area contributed by atoms with Crippen molar-refractivity contribution in [2.75, 3.05) is 0 Å². The van der Waals surface area contributed by atoms with Crippen LogP contribution in [0.1, 0.15) is 44.7 Å². The van der Waals surface area contributed by atoms with Crippen molar-refractivity contribution in [3.05, 3.63) is 35.4 Å². The van der Waals surface area contributed by atoms with Gasteiger partial charge in [0.25, 0.3) is 0 Å². The van der Waals surface area contributed by atoms with Gasteiger partial charge in [0.2, 0.25) is 5.91 Å². The fourth-order valence-corrected chi connectivity index (χ4v) is 1.79. The van der Waals surface area contributed by atoms with E-state index in [1.54, 1.807) is 0 Å². The highest BCUT2D eigenvalue weighted by atomic mass is 16.1. The highest BCUT2D eigenvalue weighted by Gasteiger charge is 2.13. The molecule has 0 atom stereocenters. The monoisotopic (exact) mass is 248 g/mol. The van der Waals surface area contributed by atoms with Crippen LogP contribution in [0.2, 0.25) is 0 Å². The summed E-state index contributed by atoms with van der Waals surface area (Å²) in [6.07, 6.45) is 2.17. The Morgan fingerprint density at radius 2 is 1.89 bits per heavy atom. The molecular formula is C15H24N2O. The smallest absolute Gasteiger partial charge is 0.220 e. The molecule has 0 spiro atoms. The van der Waals surface area contributed by atoms with Crippen LogP contribution in [0.4, 0.5) is 0 Å². The fraction of sp³-hybridized carbons (Fsp3) is 0.533. The molecule has 0 saturated heterocycles. The molecular weight excluding hydrogens is 224 g/mol. The predicted molar refractivity (Wildman–Crippen MR) is 75.2 cm³/mol. The van der Waals surface area contributed by atoms with Crippen LogP contribution in [0.3, 0.4) is 0 Å². The lowest BCUT2D eigenvalue weighted by molar-refractivity contribution is -0.121. The summed E-state index contributed by atoms with van der Waals surface area (Å²) in [4.78, 5) is 11.7. The van der Waals surface area contributed by atoms with Crippen molar-refractivity contribution >= 4 is 5.91 Å². The van der Waals surface area contributed by atoms with Crippen LogP contribution in [0.5, 0.6) is 0 Å². The third kappa shape index (κ3) is 5.32. The number of hydrogen-bond donors (Lipinski definition) is 2. The number of nitrogens with two attached hydrogens (primary N) is 1. The normalized spacial score (nSPS) is 11.3. The van der Waals surface area contributed by atoms with Crippen LogP contribution in [0.15, 0.2) is 24.3 Å². The molecule has 0 unspecified atom stereocenters. The van der Waals surface area contributed by atoms with Gasteiger partial charge in [-0.2, -0.15) is 0 Å². The summed E-state index contributed by atoms with van der Waals surface area (Å²) in [5.41, 5.74) is 8.06. The minimum Gasteiger partial charge on any atom is -0.352 e. The lowest BCUT2D eigenvalue weighted by atomic mass is 10.00. The molecule has 3 heteroatoms. The molecule has 0 aliphatic rings. The molecule has 3 N–H and O–H groups in total. The molecule has 0 heterocycles.